The van der Waals surface area contributed by atoms with Gasteiger partial charge in [-0.2, -0.15) is 0 Å². The summed E-state index contributed by atoms with van der Waals surface area (Å²) in [4.78, 5) is 0. The van der Waals surface area contributed by atoms with Gasteiger partial charge in [-0.05, 0) is 51.3 Å². The van der Waals surface area contributed by atoms with Gasteiger partial charge in [0.15, 0.2) is 0 Å². The van der Waals surface area contributed by atoms with Crippen LogP contribution in [0.5, 0.6) is 5.75 Å². The summed E-state index contributed by atoms with van der Waals surface area (Å²) >= 11 is 6.67. The van der Waals surface area contributed by atoms with Crippen LogP contribution in [0.3, 0.4) is 0 Å². The molecule has 2 aromatic carbocycles. The zero-order valence-electron chi connectivity index (χ0n) is 11.4. The number of hydrogen-bond donors (Lipinski definition) is 2. The minimum Gasteiger partial charge on any atom is -0.406 e. The molecule has 9 heteroatoms. The summed E-state index contributed by atoms with van der Waals surface area (Å²) in [7, 11) is 0. The summed E-state index contributed by atoms with van der Waals surface area (Å²) in [6.07, 6.45) is -4.72. The zero-order valence-corrected chi connectivity index (χ0v) is 15.4. The van der Waals surface area contributed by atoms with Crippen LogP contribution in [0, 0.1) is 0 Å². The Morgan fingerprint density at radius 3 is 2.13 bits per heavy atom. The minimum atomic E-state index is -4.72. The van der Waals surface area contributed by atoms with E-state index in [1.807, 2.05) is 0 Å². The van der Waals surface area contributed by atoms with Crippen molar-refractivity contribution in [3.8, 4) is 5.75 Å². The van der Waals surface area contributed by atoms with Crippen LogP contribution >= 0.6 is 44.3 Å². The molecular weight excluding hydrogens is 464 g/mol. The van der Waals surface area contributed by atoms with Crippen molar-refractivity contribution in [2.45, 2.75) is 12.4 Å². The largest absolute Gasteiger partial charge is 0.573 e. The monoisotopic (exact) mass is 474 g/mol. The lowest BCUT2D eigenvalue weighted by Gasteiger charge is -2.17. The summed E-state index contributed by atoms with van der Waals surface area (Å²) in [6.45, 7) is 0. The predicted molar refractivity (Wildman–Crippen MR) is 92.7 cm³/mol. The number of nitrogen functional groups attached to an aromatic ring is 1. The molecule has 0 fully saturated rings. The van der Waals surface area contributed by atoms with Gasteiger partial charge in [-0.3, -0.25) is 0 Å². The summed E-state index contributed by atoms with van der Waals surface area (Å²) < 4.78 is 41.7. The maximum atomic E-state index is 12.1. The normalized spacial score (nSPS) is 12.4. The highest BCUT2D eigenvalue weighted by atomic mass is 79.9. The van der Waals surface area contributed by atoms with Crippen LogP contribution in [0.1, 0.15) is 17.2 Å². The van der Waals surface area contributed by atoms with Gasteiger partial charge in [0, 0.05) is 8.95 Å². The van der Waals surface area contributed by atoms with Gasteiger partial charge in [0.05, 0.1) is 11.7 Å². The second kappa shape index (κ2) is 7.74. The molecule has 0 heterocycles. The number of anilines is 1. The number of benzene rings is 2. The Hall–Kier alpha value is -0.960. The molecule has 0 aromatic heterocycles. The SMILES string of the molecule is Cl.Nc1c(Br)cc(Br)cc1[C@@H](N)c1ccc(OC(F)(F)F)cc1. The lowest BCUT2D eigenvalue weighted by Crippen LogP contribution is -2.17. The van der Waals surface area contributed by atoms with Gasteiger partial charge >= 0.3 is 6.36 Å². The third-order valence-corrected chi connectivity index (χ3v) is 4.05. The number of ether oxygens (including phenoxy) is 1. The van der Waals surface area contributed by atoms with Crippen LogP contribution in [0.25, 0.3) is 0 Å². The van der Waals surface area contributed by atoms with E-state index in [1.165, 1.54) is 24.3 Å². The Bertz CT molecular complexity index is 681. The van der Waals surface area contributed by atoms with E-state index in [0.717, 1.165) is 4.47 Å². The fraction of sp³-hybridized carbons (Fsp3) is 0.143. The highest BCUT2D eigenvalue weighted by Crippen LogP contribution is 2.34. The van der Waals surface area contributed by atoms with Crippen molar-refractivity contribution < 1.29 is 17.9 Å². The van der Waals surface area contributed by atoms with E-state index in [1.54, 1.807) is 12.1 Å². The van der Waals surface area contributed by atoms with Crippen molar-refractivity contribution in [2.24, 2.45) is 5.73 Å². The van der Waals surface area contributed by atoms with Crippen LogP contribution in [-0.2, 0) is 0 Å². The van der Waals surface area contributed by atoms with Gasteiger partial charge in [-0.15, -0.1) is 25.6 Å². The topological polar surface area (TPSA) is 61.3 Å². The Labute approximate surface area is 153 Å². The van der Waals surface area contributed by atoms with E-state index < -0.39 is 12.4 Å². The molecule has 2 rings (SSSR count). The average Bonchev–Trinajstić information content (AvgIpc) is 2.41. The standard InChI is InChI=1S/C14H11Br2F3N2O.ClH/c15-8-5-10(13(21)11(16)6-8)12(20)7-1-3-9(4-2-7)22-14(17,18)19;/h1-6,12H,20-21H2;1H/t12-;/m0./s1. The summed E-state index contributed by atoms with van der Waals surface area (Å²) in [5, 5.41) is 0. The Morgan fingerprint density at radius 2 is 1.61 bits per heavy atom. The smallest absolute Gasteiger partial charge is 0.406 e. The molecule has 23 heavy (non-hydrogen) atoms. The molecule has 0 aliphatic heterocycles. The molecule has 0 spiro atoms. The van der Waals surface area contributed by atoms with Crippen molar-refractivity contribution >= 4 is 50.0 Å². The molecule has 2 aromatic rings. The minimum absolute atomic E-state index is 0. The molecule has 1 atom stereocenters. The zero-order chi connectivity index (χ0) is 16.5. The first-order valence-electron chi connectivity index (χ1n) is 6.03. The predicted octanol–water partition coefficient (Wildman–Crippen LogP) is 5.16. The molecule has 0 saturated carbocycles. The van der Waals surface area contributed by atoms with Crippen molar-refractivity contribution in [1.29, 1.82) is 0 Å². The first-order chi connectivity index (χ1) is 10.2. The van der Waals surface area contributed by atoms with Gasteiger partial charge in [-0.1, -0.05) is 28.1 Å². The lowest BCUT2D eigenvalue weighted by molar-refractivity contribution is -0.274. The molecule has 0 aliphatic carbocycles. The molecule has 3 nitrogen and oxygen atoms in total. The second-order valence-electron chi connectivity index (χ2n) is 4.49. The fourth-order valence-corrected chi connectivity index (χ4v) is 3.18. The van der Waals surface area contributed by atoms with Crippen LogP contribution < -0.4 is 16.2 Å². The van der Waals surface area contributed by atoms with E-state index in [-0.39, 0.29) is 18.2 Å². The maximum Gasteiger partial charge on any atom is 0.573 e. The molecular formula is C14H12Br2ClF3N2O. The highest BCUT2D eigenvalue weighted by Gasteiger charge is 2.31. The van der Waals surface area contributed by atoms with Crippen LogP contribution in [-0.4, -0.2) is 6.36 Å². The molecule has 126 valence electrons. The Balaban J connectivity index is 0.00000264. The van der Waals surface area contributed by atoms with E-state index in [4.69, 9.17) is 11.5 Å². The molecule has 0 radical (unpaired) electrons. The van der Waals surface area contributed by atoms with Gasteiger partial charge < -0.3 is 16.2 Å². The molecule has 0 unspecified atom stereocenters. The number of hydrogen-bond acceptors (Lipinski definition) is 3. The summed E-state index contributed by atoms with van der Waals surface area (Å²) in [5.41, 5.74) is 13.9. The van der Waals surface area contributed by atoms with Crippen LogP contribution in [0.4, 0.5) is 18.9 Å². The summed E-state index contributed by atoms with van der Waals surface area (Å²) in [6, 6.07) is 8.35. The third-order valence-electron chi connectivity index (χ3n) is 2.93. The second-order valence-corrected chi connectivity index (χ2v) is 6.26. The van der Waals surface area contributed by atoms with Crippen molar-refractivity contribution in [2.75, 3.05) is 5.73 Å². The molecule has 0 bridgehead atoms. The van der Waals surface area contributed by atoms with Crippen molar-refractivity contribution in [3.05, 3.63) is 56.5 Å². The van der Waals surface area contributed by atoms with Gasteiger partial charge in [0.25, 0.3) is 0 Å². The number of rotatable bonds is 3. The van der Waals surface area contributed by atoms with Crippen LogP contribution in [0.2, 0.25) is 0 Å². The lowest BCUT2D eigenvalue weighted by atomic mass is 9.98. The highest BCUT2D eigenvalue weighted by molar-refractivity contribution is 9.11. The first-order valence-corrected chi connectivity index (χ1v) is 7.61. The van der Waals surface area contributed by atoms with E-state index >= 15 is 0 Å². The number of nitrogens with two attached hydrogens (primary N) is 2. The quantitative estimate of drug-likeness (QED) is 0.602. The maximum absolute atomic E-state index is 12.1. The van der Waals surface area contributed by atoms with Gasteiger partial charge in [0.2, 0.25) is 0 Å². The van der Waals surface area contributed by atoms with Crippen molar-refractivity contribution in [3.63, 3.8) is 0 Å². The van der Waals surface area contributed by atoms with Gasteiger partial charge in [0.1, 0.15) is 5.75 Å². The molecule has 0 amide bonds. The first kappa shape index (κ1) is 20.1. The van der Waals surface area contributed by atoms with E-state index in [0.29, 0.717) is 21.3 Å². The summed E-state index contributed by atoms with van der Waals surface area (Å²) in [5.74, 6) is -0.299. The fourth-order valence-electron chi connectivity index (χ4n) is 1.92. The van der Waals surface area contributed by atoms with Crippen LogP contribution in [0.15, 0.2) is 45.3 Å². The molecule has 0 aliphatic rings. The Morgan fingerprint density at radius 1 is 1.04 bits per heavy atom. The molecule has 4 N–H and O–H groups in total. The Kier molecular flexibility index (Phi) is 6.76. The van der Waals surface area contributed by atoms with Gasteiger partial charge in [-0.25, -0.2) is 0 Å². The van der Waals surface area contributed by atoms with E-state index in [2.05, 4.69) is 36.6 Å². The number of alkyl halides is 3. The van der Waals surface area contributed by atoms with E-state index in [9.17, 15) is 13.2 Å². The molecule has 0 saturated heterocycles. The average molecular weight is 477 g/mol. The third kappa shape index (κ3) is 5.27. The number of halogens is 6. The van der Waals surface area contributed by atoms with Crippen molar-refractivity contribution in [1.82, 2.24) is 0 Å².